The van der Waals surface area contributed by atoms with Crippen molar-refractivity contribution in [2.24, 2.45) is 0 Å². The molecular weight excluding hydrogens is 214 g/mol. The lowest BCUT2D eigenvalue weighted by Gasteiger charge is -2.41. The van der Waals surface area contributed by atoms with E-state index in [-0.39, 0.29) is 23.4 Å². The van der Waals surface area contributed by atoms with Crippen LogP contribution < -0.4 is 5.32 Å². The standard InChI is InChI=1S/C11H20ClNO2/c1-3-11(13-8-10(14)15-2)7-5-4-6-9(11)12/h9,13H,3-8H2,1-2H3. The Bertz CT molecular complexity index is 223. The van der Waals surface area contributed by atoms with Crippen molar-refractivity contribution in [3.8, 4) is 0 Å². The third-order valence-corrected chi connectivity index (χ3v) is 4.01. The Labute approximate surface area is 96.5 Å². The quantitative estimate of drug-likeness (QED) is 0.597. The highest BCUT2D eigenvalue weighted by atomic mass is 35.5. The summed E-state index contributed by atoms with van der Waals surface area (Å²) in [6.45, 7) is 2.37. The zero-order chi connectivity index (χ0) is 11.3. The lowest BCUT2D eigenvalue weighted by molar-refractivity contribution is -0.140. The number of halogens is 1. The molecule has 88 valence electrons. The van der Waals surface area contributed by atoms with Crippen LogP contribution in [0.1, 0.15) is 39.0 Å². The molecule has 0 amide bonds. The Morgan fingerprint density at radius 3 is 2.87 bits per heavy atom. The number of alkyl halides is 1. The average Bonchev–Trinajstić information content (AvgIpc) is 2.28. The van der Waals surface area contributed by atoms with E-state index in [2.05, 4.69) is 17.0 Å². The number of hydrogen-bond acceptors (Lipinski definition) is 3. The van der Waals surface area contributed by atoms with Gasteiger partial charge >= 0.3 is 5.97 Å². The Kier molecular flexibility index (Phi) is 4.87. The van der Waals surface area contributed by atoms with Gasteiger partial charge in [0.2, 0.25) is 0 Å². The minimum absolute atomic E-state index is 0.0754. The largest absolute Gasteiger partial charge is 0.468 e. The minimum Gasteiger partial charge on any atom is -0.468 e. The highest BCUT2D eigenvalue weighted by molar-refractivity contribution is 6.21. The molecule has 0 radical (unpaired) electrons. The number of esters is 1. The highest BCUT2D eigenvalue weighted by Gasteiger charge is 2.38. The number of carbonyl (C=O) groups is 1. The summed E-state index contributed by atoms with van der Waals surface area (Å²) in [5.41, 5.74) is -0.0754. The van der Waals surface area contributed by atoms with E-state index in [1.807, 2.05) is 0 Å². The molecule has 0 heterocycles. The van der Waals surface area contributed by atoms with Crippen LogP contribution >= 0.6 is 11.6 Å². The maximum Gasteiger partial charge on any atom is 0.319 e. The summed E-state index contributed by atoms with van der Waals surface area (Å²) in [5.74, 6) is -0.225. The molecule has 1 aliphatic rings. The zero-order valence-electron chi connectivity index (χ0n) is 9.51. The molecule has 0 saturated heterocycles. The second kappa shape index (κ2) is 5.71. The Morgan fingerprint density at radius 1 is 1.60 bits per heavy atom. The average molecular weight is 234 g/mol. The van der Waals surface area contributed by atoms with Gasteiger partial charge in [0, 0.05) is 5.54 Å². The van der Waals surface area contributed by atoms with Crippen LogP contribution in [0.4, 0.5) is 0 Å². The van der Waals surface area contributed by atoms with E-state index in [1.54, 1.807) is 0 Å². The Balaban J connectivity index is 2.54. The van der Waals surface area contributed by atoms with Crippen molar-refractivity contribution in [1.29, 1.82) is 0 Å². The van der Waals surface area contributed by atoms with Crippen molar-refractivity contribution < 1.29 is 9.53 Å². The molecule has 2 unspecified atom stereocenters. The van der Waals surface area contributed by atoms with Gasteiger partial charge in [-0.15, -0.1) is 11.6 Å². The van der Waals surface area contributed by atoms with E-state index in [0.29, 0.717) is 0 Å². The van der Waals surface area contributed by atoms with Crippen LogP contribution in [0.25, 0.3) is 0 Å². The van der Waals surface area contributed by atoms with Gasteiger partial charge in [-0.3, -0.25) is 10.1 Å². The van der Waals surface area contributed by atoms with Gasteiger partial charge in [0.15, 0.2) is 0 Å². The van der Waals surface area contributed by atoms with E-state index in [0.717, 1.165) is 19.3 Å². The predicted molar refractivity (Wildman–Crippen MR) is 61.1 cm³/mol. The van der Waals surface area contributed by atoms with E-state index in [9.17, 15) is 4.79 Å². The van der Waals surface area contributed by atoms with Gasteiger partial charge in [0.25, 0.3) is 0 Å². The van der Waals surface area contributed by atoms with E-state index < -0.39 is 0 Å². The van der Waals surface area contributed by atoms with Crippen molar-refractivity contribution in [2.45, 2.75) is 49.9 Å². The molecule has 1 aliphatic carbocycles. The summed E-state index contributed by atoms with van der Waals surface area (Å²) in [6.07, 6.45) is 5.41. The molecule has 0 aromatic carbocycles. The number of nitrogens with one attached hydrogen (secondary N) is 1. The minimum atomic E-state index is -0.225. The number of carbonyl (C=O) groups excluding carboxylic acids is 1. The van der Waals surface area contributed by atoms with Gasteiger partial charge in [-0.1, -0.05) is 19.8 Å². The smallest absolute Gasteiger partial charge is 0.319 e. The van der Waals surface area contributed by atoms with Crippen molar-refractivity contribution in [3.05, 3.63) is 0 Å². The predicted octanol–water partition coefficient (Wildman–Crippen LogP) is 2.08. The first kappa shape index (κ1) is 12.8. The van der Waals surface area contributed by atoms with Crippen molar-refractivity contribution in [1.82, 2.24) is 5.32 Å². The van der Waals surface area contributed by atoms with Crippen LogP contribution in [-0.4, -0.2) is 30.5 Å². The molecule has 0 aromatic heterocycles. The maximum atomic E-state index is 11.1. The van der Waals surface area contributed by atoms with Gasteiger partial charge in [-0.05, 0) is 19.3 Å². The topological polar surface area (TPSA) is 38.3 Å². The van der Waals surface area contributed by atoms with E-state index in [4.69, 9.17) is 11.6 Å². The summed E-state index contributed by atoms with van der Waals surface area (Å²) in [6, 6.07) is 0. The Hall–Kier alpha value is -0.280. The highest BCUT2D eigenvalue weighted by Crippen LogP contribution is 2.34. The fraction of sp³-hybridized carbons (Fsp3) is 0.909. The number of ether oxygens (including phenoxy) is 1. The molecule has 0 aromatic rings. The van der Waals surface area contributed by atoms with Gasteiger partial charge in [0.05, 0.1) is 19.0 Å². The molecule has 0 aliphatic heterocycles. The van der Waals surface area contributed by atoms with Crippen LogP contribution in [0.2, 0.25) is 0 Å². The fourth-order valence-corrected chi connectivity index (χ4v) is 2.73. The number of rotatable bonds is 4. The van der Waals surface area contributed by atoms with Crippen LogP contribution in [0.15, 0.2) is 0 Å². The number of methoxy groups -OCH3 is 1. The van der Waals surface area contributed by atoms with Crippen LogP contribution in [0, 0.1) is 0 Å². The van der Waals surface area contributed by atoms with E-state index >= 15 is 0 Å². The van der Waals surface area contributed by atoms with Crippen molar-refractivity contribution in [3.63, 3.8) is 0 Å². The summed E-state index contributed by atoms with van der Waals surface area (Å²) in [7, 11) is 1.40. The SMILES string of the molecule is CCC1(NCC(=O)OC)CCCCC1Cl. The normalized spacial score (nSPS) is 31.3. The van der Waals surface area contributed by atoms with Crippen molar-refractivity contribution >= 4 is 17.6 Å². The lowest BCUT2D eigenvalue weighted by Crippen LogP contribution is -2.55. The monoisotopic (exact) mass is 233 g/mol. The summed E-state index contributed by atoms with van der Waals surface area (Å²) in [5, 5.41) is 3.40. The molecule has 1 saturated carbocycles. The molecule has 4 heteroatoms. The van der Waals surface area contributed by atoms with Crippen molar-refractivity contribution in [2.75, 3.05) is 13.7 Å². The maximum absolute atomic E-state index is 11.1. The molecule has 15 heavy (non-hydrogen) atoms. The molecule has 1 rings (SSSR count). The van der Waals surface area contributed by atoms with Gasteiger partial charge in [-0.25, -0.2) is 0 Å². The summed E-state index contributed by atoms with van der Waals surface area (Å²) in [4.78, 5) is 11.1. The Morgan fingerprint density at radius 2 is 2.33 bits per heavy atom. The first-order valence-corrected chi connectivity index (χ1v) is 6.04. The molecule has 0 bridgehead atoms. The number of hydrogen-bond donors (Lipinski definition) is 1. The second-order valence-corrected chi connectivity index (χ2v) is 4.68. The first-order valence-electron chi connectivity index (χ1n) is 5.60. The second-order valence-electron chi connectivity index (χ2n) is 4.15. The molecular formula is C11H20ClNO2. The molecule has 0 spiro atoms. The molecule has 1 N–H and O–H groups in total. The lowest BCUT2D eigenvalue weighted by atomic mass is 9.79. The molecule has 1 fully saturated rings. The van der Waals surface area contributed by atoms with Crippen LogP contribution in [-0.2, 0) is 9.53 Å². The summed E-state index contributed by atoms with van der Waals surface area (Å²) >= 11 is 6.35. The fourth-order valence-electron chi connectivity index (χ4n) is 2.24. The van der Waals surface area contributed by atoms with E-state index in [1.165, 1.54) is 20.0 Å². The molecule has 2 atom stereocenters. The van der Waals surface area contributed by atoms with Crippen LogP contribution in [0.3, 0.4) is 0 Å². The zero-order valence-corrected chi connectivity index (χ0v) is 10.3. The summed E-state index contributed by atoms with van der Waals surface area (Å²) < 4.78 is 4.62. The molecule has 3 nitrogen and oxygen atoms in total. The van der Waals surface area contributed by atoms with Gasteiger partial charge in [-0.2, -0.15) is 0 Å². The third kappa shape index (κ3) is 3.08. The van der Waals surface area contributed by atoms with Crippen LogP contribution in [0.5, 0.6) is 0 Å². The van der Waals surface area contributed by atoms with Gasteiger partial charge < -0.3 is 4.74 Å². The third-order valence-electron chi connectivity index (χ3n) is 3.37. The first-order chi connectivity index (χ1) is 7.14. The van der Waals surface area contributed by atoms with Gasteiger partial charge in [0.1, 0.15) is 0 Å².